The third-order valence-corrected chi connectivity index (χ3v) is 3.75. The van der Waals surface area contributed by atoms with Gasteiger partial charge in [-0.25, -0.2) is 23.1 Å². The lowest BCUT2D eigenvalue weighted by molar-refractivity contribution is -0.384. The first-order valence-corrected chi connectivity index (χ1v) is 6.97. The minimum atomic E-state index is -3.98. The number of nitrogen functional groups attached to an aromatic ring is 1. The Bertz CT molecular complexity index is 764. The summed E-state index contributed by atoms with van der Waals surface area (Å²) in [6, 6.07) is 4.70. The number of hydrogen-bond acceptors (Lipinski definition) is 8. The Hall–Kier alpha value is -2.79. The van der Waals surface area contributed by atoms with Gasteiger partial charge in [0.1, 0.15) is 5.69 Å². The van der Waals surface area contributed by atoms with E-state index in [2.05, 4.69) is 20.1 Å². The highest BCUT2D eigenvalue weighted by molar-refractivity contribution is 7.92. The van der Waals surface area contributed by atoms with Crippen LogP contribution in [0, 0.1) is 10.1 Å². The molecule has 4 N–H and O–H groups in total. The SMILES string of the molecule is NNc1cc(S(=O)(=O)Nc2ncccn2)ccc1[N+](=O)[O-]. The van der Waals surface area contributed by atoms with Crippen LogP contribution in [0.15, 0.2) is 41.6 Å². The van der Waals surface area contributed by atoms with Crippen molar-refractivity contribution in [2.45, 2.75) is 4.90 Å². The Morgan fingerprint density at radius 1 is 1.24 bits per heavy atom. The molecule has 10 nitrogen and oxygen atoms in total. The van der Waals surface area contributed by atoms with Gasteiger partial charge in [-0.15, -0.1) is 0 Å². The number of hydrazine groups is 1. The third-order valence-electron chi connectivity index (χ3n) is 2.42. The van der Waals surface area contributed by atoms with Crippen molar-refractivity contribution in [1.82, 2.24) is 9.97 Å². The van der Waals surface area contributed by atoms with Crippen molar-refractivity contribution in [1.29, 1.82) is 0 Å². The number of anilines is 2. The molecule has 1 aromatic heterocycles. The second kappa shape index (κ2) is 5.68. The summed E-state index contributed by atoms with van der Waals surface area (Å²) in [4.78, 5) is 17.3. The number of rotatable bonds is 5. The second-order valence-electron chi connectivity index (χ2n) is 3.76. The van der Waals surface area contributed by atoms with Gasteiger partial charge in [0.2, 0.25) is 5.95 Å². The fourth-order valence-electron chi connectivity index (χ4n) is 1.49. The fraction of sp³-hybridized carbons (Fsp3) is 0. The van der Waals surface area contributed by atoms with Gasteiger partial charge in [0, 0.05) is 18.5 Å². The zero-order chi connectivity index (χ0) is 15.5. The summed E-state index contributed by atoms with van der Waals surface area (Å²) in [5.74, 6) is 5.05. The molecule has 0 aliphatic heterocycles. The van der Waals surface area contributed by atoms with E-state index in [9.17, 15) is 18.5 Å². The Balaban J connectivity index is 2.39. The fourth-order valence-corrected chi connectivity index (χ4v) is 2.47. The van der Waals surface area contributed by atoms with E-state index < -0.39 is 14.9 Å². The van der Waals surface area contributed by atoms with Crippen LogP contribution < -0.4 is 16.0 Å². The highest BCUT2D eigenvalue weighted by Gasteiger charge is 2.20. The molecule has 21 heavy (non-hydrogen) atoms. The number of nitrogens with two attached hydrogens (primary N) is 1. The van der Waals surface area contributed by atoms with E-state index in [-0.39, 0.29) is 22.2 Å². The van der Waals surface area contributed by atoms with E-state index in [4.69, 9.17) is 5.84 Å². The number of nitro groups is 1. The predicted octanol–water partition coefficient (Wildman–Crippen LogP) is 0.471. The molecule has 0 saturated carbocycles. The first-order valence-electron chi connectivity index (χ1n) is 5.49. The maximum Gasteiger partial charge on any atom is 0.293 e. The highest BCUT2D eigenvalue weighted by atomic mass is 32.2. The molecule has 0 bridgehead atoms. The molecule has 0 fully saturated rings. The van der Waals surface area contributed by atoms with E-state index in [1.807, 2.05) is 0 Å². The molecular weight excluding hydrogens is 300 g/mol. The molecule has 0 unspecified atom stereocenters. The molecule has 0 saturated heterocycles. The van der Waals surface area contributed by atoms with Crippen LogP contribution >= 0.6 is 0 Å². The Kier molecular flexibility index (Phi) is 3.95. The summed E-state index contributed by atoms with van der Waals surface area (Å²) < 4.78 is 26.4. The van der Waals surface area contributed by atoms with Crippen molar-refractivity contribution < 1.29 is 13.3 Å². The Morgan fingerprint density at radius 2 is 1.90 bits per heavy atom. The lowest BCUT2D eigenvalue weighted by Gasteiger charge is -2.08. The second-order valence-corrected chi connectivity index (χ2v) is 5.44. The van der Waals surface area contributed by atoms with E-state index in [1.165, 1.54) is 18.5 Å². The van der Waals surface area contributed by atoms with Gasteiger partial charge in [-0.1, -0.05) is 0 Å². The number of benzene rings is 1. The van der Waals surface area contributed by atoms with Gasteiger partial charge < -0.3 is 5.43 Å². The van der Waals surface area contributed by atoms with Crippen LogP contribution in [0.5, 0.6) is 0 Å². The molecule has 2 aromatic rings. The first kappa shape index (κ1) is 14.6. The van der Waals surface area contributed by atoms with Crippen LogP contribution in [0.4, 0.5) is 17.3 Å². The van der Waals surface area contributed by atoms with E-state index in [1.54, 1.807) is 0 Å². The van der Waals surface area contributed by atoms with E-state index >= 15 is 0 Å². The van der Waals surface area contributed by atoms with Gasteiger partial charge in [0.05, 0.1) is 9.82 Å². The molecule has 0 aliphatic rings. The van der Waals surface area contributed by atoms with Crippen LogP contribution in [-0.2, 0) is 10.0 Å². The summed E-state index contributed by atoms with van der Waals surface area (Å²) in [5.41, 5.74) is 1.62. The third kappa shape index (κ3) is 3.21. The summed E-state index contributed by atoms with van der Waals surface area (Å²) in [6.45, 7) is 0. The quantitative estimate of drug-likeness (QED) is 0.409. The maximum absolute atomic E-state index is 12.1. The van der Waals surface area contributed by atoms with E-state index in [0.29, 0.717) is 0 Å². The molecular formula is C10H10N6O4S. The lowest BCUT2D eigenvalue weighted by atomic mass is 10.3. The van der Waals surface area contributed by atoms with Crippen molar-refractivity contribution in [3.63, 3.8) is 0 Å². The Labute approximate surface area is 119 Å². The average Bonchev–Trinajstić information content (AvgIpc) is 2.47. The minimum absolute atomic E-state index is 0.113. The monoisotopic (exact) mass is 310 g/mol. The van der Waals surface area contributed by atoms with Crippen LogP contribution in [0.3, 0.4) is 0 Å². The van der Waals surface area contributed by atoms with E-state index in [0.717, 1.165) is 18.2 Å². The smallest absolute Gasteiger partial charge is 0.293 e. The molecule has 0 radical (unpaired) electrons. The van der Waals surface area contributed by atoms with Crippen LogP contribution in [0.2, 0.25) is 0 Å². The van der Waals surface area contributed by atoms with Crippen molar-refractivity contribution in [2.24, 2.45) is 5.84 Å². The molecule has 1 aromatic carbocycles. The van der Waals surface area contributed by atoms with Crippen molar-refractivity contribution in [2.75, 3.05) is 10.1 Å². The van der Waals surface area contributed by atoms with Crippen molar-refractivity contribution >= 4 is 27.3 Å². The number of nitro benzene ring substituents is 1. The first-order chi connectivity index (χ1) is 9.94. The van der Waals surface area contributed by atoms with Gasteiger partial charge in [0.15, 0.2) is 0 Å². The molecule has 0 amide bonds. The topological polar surface area (TPSA) is 153 Å². The number of aromatic nitrogens is 2. The van der Waals surface area contributed by atoms with Gasteiger partial charge in [-0.2, -0.15) is 0 Å². The predicted molar refractivity (Wildman–Crippen MR) is 73.7 cm³/mol. The normalized spacial score (nSPS) is 10.9. The van der Waals surface area contributed by atoms with Crippen molar-refractivity contribution in [3.8, 4) is 0 Å². The maximum atomic E-state index is 12.1. The molecule has 2 rings (SSSR count). The minimum Gasteiger partial charge on any atom is -0.318 e. The number of nitrogens with zero attached hydrogens (tertiary/aromatic N) is 3. The van der Waals surface area contributed by atoms with Crippen LogP contribution in [0.25, 0.3) is 0 Å². The standard InChI is InChI=1S/C10H10N6O4S/c11-14-8-6-7(2-3-9(8)16(17)18)21(19,20)15-10-12-4-1-5-13-10/h1-6,14H,11H2,(H,12,13,15). The molecule has 110 valence electrons. The molecule has 0 atom stereocenters. The summed E-state index contributed by atoms with van der Waals surface area (Å²) in [5, 5.41) is 10.8. The highest BCUT2D eigenvalue weighted by Crippen LogP contribution is 2.27. The van der Waals surface area contributed by atoms with Gasteiger partial charge in [-0.3, -0.25) is 16.0 Å². The van der Waals surface area contributed by atoms with Crippen LogP contribution in [0.1, 0.15) is 0 Å². The van der Waals surface area contributed by atoms with Gasteiger partial charge in [0.25, 0.3) is 15.7 Å². The summed E-state index contributed by atoms with van der Waals surface area (Å²) >= 11 is 0. The number of hydrogen-bond donors (Lipinski definition) is 3. The Morgan fingerprint density at radius 3 is 2.48 bits per heavy atom. The summed E-state index contributed by atoms with van der Waals surface area (Å²) in [6.07, 6.45) is 2.74. The zero-order valence-corrected chi connectivity index (χ0v) is 11.2. The molecule has 11 heteroatoms. The summed E-state index contributed by atoms with van der Waals surface area (Å²) in [7, 11) is -3.98. The van der Waals surface area contributed by atoms with Gasteiger partial charge >= 0.3 is 0 Å². The molecule has 0 aliphatic carbocycles. The number of nitrogens with one attached hydrogen (secondary N) is 2. The van der Waals surface area contributed by atoms with Crippen molar-refractivity contribution in [3.05, 3.63) is 46.8 Å². The zero-order valence-electron chi connectivity index (χ0n) is 10.4. The average molecular weight is 310 g/mol. The molecule has 0 spiro atoms. The molecule has 1 heterocycles. The number of sulfonamides is 1. The lowest BCUT2D eigenvalue weighted by Crippen LogP contribution is -2.16. The van der Waals surface area contributed by atoms with Gasteiger partial charge in [-0.05, 0) is 18.2 Å². The largest absolute Gasteiger partial charge is 0.318 e. The van der Waals surface area contributed by atoms with Crippen LogP contribution in [-0.4, -0.2) is 23.3 Å².